The fourth-order valence-electron chi connectivity index (χ4n) is 2.40. The van der Waals surface area contributed by atoms with Gasteiger partial charge in [0.05, 0.1) is 5.92 Å². The molecule has 1 heterocycles. The van der Waals surface area contributed by atoms with Gasteiger partial charge >= 0.3 is 5.97 Å². The second-order valence-corrected chi connectivity index (χ2v) is 6.11. The molecule has 2 rings (SSSR count). The average molecular weight is 369 g/mol. The minimum Gasteiger partial charge on any atom is -0.480 e. The summed E-state index contributed by atoms with van der Waals surface area (Å²) in [5.41, 5.74) is 0.722. The Morgan fingerprint density at radius 2 is 2.23 bits per heavy atom. The number of hydrogen-bond acceptors (Lipinski definition) is 3. The van der Waals surface area contributed by atoms with Gasteiger partial charge in [-0.15, -0.1) is 0 Å². The zero-order chi connectivity index (χ0) is 16.3. The van der Waals surface area contributed by atoms with Gasteiger partial charge in [-0.1, -0.05) is 28.9 Å². The molecule has 0 saturated carbocycles. The molecule has 0 spiro atoms. The monoisotopic (exact) mass is 368 g/mol. The first-order valence-corrected chi connectivity index (χ1v) is 7.80. The van der Waals surface area contributed by atoms with Crippen LogP contribution in [0.2, 0.25) is 0 Å². The Morgan fingerprint density at radius 1 is 1.50 bits per heavy atom. The second kappa shape index (κ2) is 6.91. The van der Waals surface area contributed by atoms with Gasteiger partial charge in [0, 0.05) is 23.1 Å². The van der Waals surface area contributed by atoms with Gasteiger partial charge in [0.2, 0.25) is 11.8 Å². The van der Waals surface area contributed by atoms with Crippen LogP contribution in [-0.2, 0) is 14.4 Å². The summed E-state index contributed by atoms with van der Waals surface area (Å²) in [5, 5.41) is 11.5. The smallest absolute Gasteiger partial charge is 0.326 e. The molecule has 1 aliphatic heterocycles. The van der Waals surface area contributed by atoms with E-state index in [0.29, 0.717) is 6.42 Å². The number of anilines is 1. The van der Waals surface area contributed by atoms with Crippen molar-refractivity contribution in [2.24, 2.45) is 5.92 Å². The molecular formula is C15H17BrN2O4. The van der Waals surface area contributed by atoms with Crippen molar-refractivity contribution >= 4 is 39.4 Å². The summed E-state index contributed by atoms with van der Waals surface area (Å²) >= 11 is 3.35. The van der Waals surface area contributed by atoms with Crippen LogP contribution in [-0.4, -0.2) is 35.5 Å². The van der Waals surface area contributed by atoms with Gasteiger partial charge in [-0.2, -0.15) is 0 Å². The van der Waals surface area contributed by atoms with Gasteiger partial charge in [0.15, 0.2) is 0 Å². The summed E-state index contributed by atoms with van der Waals surface area (Å²) in [6.07, 6.45) is 0.394. The lowest BCUT2D eigenvalue weighted by molar-refractivity contribution is -0.142. The predicted molar refractivity (Wildman–Crippen MR) is 84.5 cm³/mol. The summed E-state index contributed by atoms with van der Waals surface area (Å²) in [6.45, 7) is 1.95. The number of rotatable bonds is 5. The normalized spacial score (nSPS) is 19.1. The van der Waals surface area contributed by atoms with Crippen LogP contribution in [0.15, 0.2) is 28.7 Å². The maximum Gasteiger partial charge on any atom is 0.326 e. The van der Waals surface area contributed by atoms with Gasteiger partial charge in [-0.05, 0) is 24.6 Å². The van der Waals surface area contributed by atoms with Crippen LogP contribution in [0.4, 0.5) is 5.69 Å². The molecular weight excluding hydrogens is 352 g/mol. The number of aliphatic carboxylic acids is 1. The van der Waals surface area contributed by atoms with E-state index in [1.165, 1.54) is 0 Å². The summed E-state index contributed by atoms with van der Waals surface area (Å²) in [5.74, 6) is -2.12. The van der Waals surface area contributed by atoms with Gasteiger partial charge in [0.25, 0.3) is 0 Å². The van der Waals surface area contributed by atoms with Gasteiger partial charge < -0.3 is 15.3 Å². The van der Waals surface area contributed by atoms with Crippen molar-refractivity contribution in [2.45, 2.75) is 25.8 Å². The Labute approximate surface area is 136 Å². The molecule has 0 aromatic heterocycles. The molecule has 7 heteroatoms. The van der Waals surface area contributed by atoms with Crippen LogP contribution in [0.25, 0.3) is 0 Å². The number of carbonyl (C=O) groups excluding carboxylic acids is 2. The molecule has 1 saturated heterocycles. The molecule has 2 unspecified atom stereocenters. The Bertz CT molecular complexity index is 605. The van der Waals surface area contributed by atoms with Crippen LogP contribution >= 0.6 is 15.9 Å². The lowest BCUT2D eigenvalue weighted by atomic mass is 10.1. The van der Waals surface area contributed by atoms with E-state index >= 15 is 0 Å². The number of carboxylic acids is 1. The molecule has 118 valence electrons. The van der Waals surface area contributed by atoms with Crippen LogP contribution in [0.3, 0.4) is 0 Å². The van der Waals surface area contributed by atoms with Crippen LogP contribution in [0.1, 0.15) is 19.8 Å². The van der Waals surface area contributed by atoms with Crippen molar-refractivity contribution in [3.63, 3.8) is 0 Å². The highest BCUT2D eigenvalue weighted by atomic mass is 79.9. The number of benzene rings is 1. The fourth-order valence-corrected chi connectivity index (χ4v) is 2.79. The maximum atomic E-state index is 12.1. The molecule has 0 bridgehead atoms. The van der Waals surface area contributed by atoms with Crippen molar-refractivity contribution in [1.82, 2.24) is 5.32 Å². The first-order chi connectivity index (χ1) is 10.4. The van der Waals surface area contributed by atoms with Crippen molar-refractivity contribution in [3.8, 4) is 0 Å². The van der Waals surface area contributed by atoms with E-state index < -0.39 is 17.9 Å². The third kappa shape index (κ3) is 3.65. The topological polar surface area (TPSA) is 86.7 Å². The minimum atomic E-state index is -1.07. The van der Waals surface area contributed by atoms with E-state index in [1.54, 1.807) is 17.9 Å². The molecule has 1 aliphatic rings. The van der Waals surface area contributed by atoms with E-state index in [0.717, 1.165) is 10.2 Å². The molecule has 1 aromatic carbocycles. The zero-order valence-electron chi connectivity index (χ0n) is 12.1. The highest BCUT2D eigenvalue weighted by molar-refractivity contribution is 9.10. The maximum absolute atomic E-state index is 12.1. The van der Waals surface area contributed by atoms with E-state index in [2.05, 4.69) is 21.2 Å². The Hall–Kier alpha value is -1.89. The highest BCUT2D eigenvalue weighted by Crippen LogP contribution is 2.27. The molecule has 1 aromatic rings. The number of nitrogens with one attached hydrogen (secondary N) is 1. The number of carbonyl (C=O) groups is 3. The lowest BCUT2D eigenvalue weighted by Gasteiger charge is -2.18. The lowest BCUT2D eigenvalue weighted by Crippen LogP contribution is -2.43. The minimum absolute atomic E-state index is 0.0917. The summed E-state index contributed by atoms with van der Waals surface area (Å²) in [4.78, 5) is 36.8. The Kier molecular flexibility index (Phi) is 5.18. The zero-order valence-corrected chi connectivity index (χ0v) is 13.7. The SMILES string of the molecule is CCC(NC(=O)C1CC(=O)N(c2cccc(Br)c2)C1)C(=O)O. The van der Waals surface area contributed by atoms with E-state index in [-0.39, 0.29) is 24.8 Å². The molecule has 0 aliphatic carbocycles. The molecule has 0 radical (unpaired) electrons. The van der Waals surface area contributed by atoms with Gasteiger partial charge in [0.1, 0.15) is 6.04 Å². The van der Waals surface area contributed by atoms with E-state index in [1.807, 2.05) is 18.2 Å². The molecule has 2 atom stereocenters. The number of amides is 2. The third-order valence-electron chi connectivity index (χ3n) is 3.64. The summed E-state index contributed by atoms with van der Waals surface area (Å²) in [6, 6.07) is 6.37. The largest absolute Gasteiger partial charge is 0.480 e. The van der Waals surface area contributed by atoms with Crippen LogP contribution in [0.5, 0.6) is 0 Å². The first-order valence-electron chi connectivity index (χ1n) is 7.01. The van der Waals surface area contributed by atoms with Crippen molar-refractivity contribution < 1.29 is 19.5 Å². The molecule has 22 heavy (non-hydrogen) atoms. The highest BCUT2D eigenvalue weighted by Gasteiger charge is 2.36. The van der Waals surface area contributed by atoms with Crippen molar-refractivity contribution in [2.75, 3.05) is 11.4 Å². The van der Waals surface area contributed by atoms with E-state index in [4.69, 9.17) is 5.11 Å². The molecule has 6 nitrogen and oxygen atoms in total. The molecule has 2 amide bonds. The van der Waals surface area contributed by atoms with Gasteiger partial charge in [-0.25, -0.2) is 4.79 Å². The number of halogens is 1. The second-order valence-electron chi connectivity index (χ2n) is 5.19. The van der Waals surface area contributed by atoms with Crippen molar-refractivity contribution in [1.29, 1.82) is 0 Å². The van der Waals surface area contributed by atoms with Crippen LogP contribution in [0, 0.1) is 5.92 Å². The van der Waals surface area contributed by atoms with Gasteiger partial charge in [-0.3, -0.25) is 9.59 Å². The number of nitrogens with zero attached hydrogens (tertiary/aromatic N) is 1. The fraction of sp³-hybridized carbons (Fsp3) is 0.400. The quantitative estimate of drug-likeness (QED) is 0.829. The van der Waals surface area contributed by atoms with E-state index in [9.17, 15) is 14.4 Å². The Morgan fingerprint density at radius 3 is 2.82 bits per heavy atom. The number of hydrogen-bond donors (Lipinski definition) is 2. The third-order valence-corrected chi connectivity index (χ3v) is 4.13. The van der Waals surface area contributed by atoms with Crippen molar-refractivity contribution in [3.05, 3.63) is 28.7 Å². The number of carboxylic acid groups (broad SMARTS) is 1. The summed E-state index contributed by atoms with van der Waals surface area (Å²) in [7, 11) is 0. The first kappa shape index (κ1) is 16.5. The predicted octanol–water partition coefficient (Wildman–Crippen LogP) is 1.78. The average Bonchev–Trinajstić information content (AvgIpc) is 2.86. The molecule has 2 N–H and O–H groups in total. The molecule has 1 fully saturated rings. The van der Waals surface area contributed by atoms with Crippen LogP contribution < -0.4 is 10.2 Å². The Balaban J connectivity index is 2.06. The standard InChI is InChI=1S/C15H17BrN2O4/c1-2-12(15(21)22)17-14(20)9-6-13(19)18(8-9)11-5-3-4-10(16)7-11/h3-5,7,9,12H,2,6,8H2,1H3,(H,17,20)(H,21,22). The summed E-state index contributed by atoms with van der Waals surface area (Å²) < 4.78 is 0.850.